The van der Waals surface area contributed by atoms with Gasteiger partial charge < -0.3 is 16.0 Å². The number of amides is 1. The SMILES string of the molecule is CN1CCN(Cc2ccc(-c3ccc(C[C@H](C#N)NC(=O)C4(N)CC(F)(F)C4)cc3)cc2)CC1. The van der Waals surface area contributed by atoms with Crippen LogP contribution in [-0.4, -0.2) is 66.4 Å². The molecule has 1 atom stereocenters. The number of halogens is 2. The van der Waals surface area contributed by atoms with Crippen molar-refractivity contribution in [3.8, 4) is 17.2 Å². The van der Waals surface area contributed by atoms with Crippen LogP contribution < -0.4 is 11.1 Å². The third-order valence-corrected chi connectivity index (χ3v) is 6.74. The number of carbonyl (C=O) groups is 1. The second-order valence-corrected chi connectivity index (χ2v) is 9.70. The predicted molar refractivity (Wildman–Crippen MR) is 127 cm³/mol. The number of nitrogens with zero attached hydrogens (tertiary/aromatic N) is 3. The van der Waals surface area contributed by atoms with Crippen molar-refractivity contribution in [2.75, 3.05) is 33.2 Å². The molecular formula is C26H31F2N5O. The molecule has 1 saturated heterocycles. The number of hydrogen-bond donors (Lipinski definition) is 2. The fourth-order valence-corrected chi connectivity index (χ4v) is 4.60. The van der Waals surface area contributed by atoms with Crippen LogP contribution in [0.1, 0.15) is 24.0 Å². The molecule has 0 radical (unpaired) electrons. The number of nitrogens with one attached hydrogen (secondary N) is 1. The zero-order valence-electron chi connectivity index (χ0n) is 19.4. The van der Waals surface area contributed by atoms with Crippen molar-refractivity contribution < 1.29 is 13.6 Å². The second-order valence-electron chi connectivity index (χ2n) is 9.70. The average Bonchev–Trinajstić information content (AvgIpc) is 2.80. The van der Waals surface area contributed by atoms with Gasteiger partial charge in [-0.25, -0.2) is 8.78 Å². The average molecular weight is 468 g/mol. The van der Waals surface area contributed by atoms with E-state index in [9.17, 15) is 18.8 Å². The van der Waals surface area contributed by atoms with E-state index < -0.39 is 36.3 Å². The number of piperazine rings is 1. The summed E-state index contributed by atoms with van der Waals surface area (Å²) in [6.45, 7) is 5.33. The second kappa shape index (κ2) is 9.79. The molecule has 1 amide bonds. The van der Waals surface area contributed by atoms with Crippen molar-refractivity contribution in [1.82, 2.24) is 15.1 Å². The normalized spacial score (nSPS) is 20.7. The van der Waals surface area contributed by atoms with E-state index >= 15 is 0 Å². The fourth-order valence-electron chi connectivity index (χ4n) is 4.60. The summed E-state index contributed by atoms with van der Waals surface area (Å²) in [4.78, 5) is 17.1. The highest BCUT2D eigenvalue weighted by Crippen LogP contribution is 2.44. The molecule has 2 fully saturated rings. The summed E-state index contributed by atoms with van der Waals surface area (Å²) in [6, 6.07) is 17.6. The molecule has 2 aromatic rings. The van der Waals surface area contributed by atoms with Gasteiger partial charge in [-0.3, -0.25) is 9.69 Å². The lowest BCUT2D eigenvalue weighted by Crippen LogP contribution is -2.67. The summed E-state index contributed by atoms with van der Waals surface area (Å²) < 4.78 is 26.3. The molecule has 34 heavy (non-hydrogen) atoms. The lowest BCUT2D eigenvalue weighted by molar-refractivity contribution is -0.156. The van der Waals surface area contributed by atoms with Crippen molar-refractivity contribution in [2.45, 2.75) is 43.3 Å². The molecule has 0 aromatic heterocycles. The van der Waals surface area contributed by atoms with Crippen LogP contribution in [0.4, 0.5) is 8.78 Å². The molecule has 0 unspecified atom stereocenters. The molecule has 2 aliphatic rings. The lowest BCUT2D eigenvalue weighted by atomic mass is 9.73. The summed E-state index contributed by atoms with van der Waals surface area (Å²) in [5.74, 6) is -3.61. The number of nitriles is 1. The van der Waals surface area contributed by atoms with Crippen LogP contribution in [0.5, 0.6) is 0 Å². The zero-order valence-corrected chi connectivity index (χ0v) is 19.4. The molecule has 2 aromatic carbocycles. The highest BCUT2D eigenvalue weighted by atomic mass is 19.3. The van der Waals surface area contributed by atoms with Gasteiger partial charge >= 0.3 is 0 Å². The number of benzene rings is 2. The molecule has 8 heteroatoms. The Morgan fingerprint density at radius 1 is 1.03 bits per heavy atom. The molecule has 6 nitrogen and oxygen atoms in total. The summed E-state index contributed by atoms with van der Waals surface area (Å²) in [5.41, 5.74) is 8.49. The molecule has 1 aliphatic carbocycles. The van der Waals surface area contributed by atoms with E-state index in [1.165, 1.54) is 5.56 Å². The Morgan fingerprint density at radius 3 is 2.06 bits per heavy atom. The third-order valence-electron chi connectivity index (χ3n) is 6.74. The van der Waals surface area contributed by atoms with Gasteiger partial charge in [0.05, 0.1) is 6.07 Å². The Balaban J connectivity index is 1.31. The Kier molecular flexibility index (Phi) is 6.99. The molecule has 0 bridgehead atoms. The monoisotopic (exact) mass is 467 g/mol. The van der Waals surface area contributed by atoms with Crippen molar-refractivity contribution in [3.05, 3.63) is 59.7 Å². The van der Waals surface area contributed by atoms with Gasteiger partial charge in [-0.2, -0.15) is 5.26 Å². The van der Waals surface area contributed by atoms with Gasteiger partial charge in [-0.05, 0) is 29.3 Å². The summed E-state index contributed by atoms with van der Waals surface area (Å²) >= 11 is 0. The van der Waals surface area contributed by atoms with Crippen LogP contribution in [0.25, 0.3) is 11.1 Å². The number of carbonyl (C=O) groups excluding carboxylic acids is 1. The Morgan fingerprint density at radius 2 is 1.56 bits per heavy atom. The van der Waals surface area contributed by atoms with E-state index in [0.717, 1.165) is 49.4 Å². The fraction of sp³-hybridized carbons (Fsp3) is 0.462. The highest BCUT2D eigenvalue weighted by Gasteiger charge is 2.58. The minimum atomic E-state index is -2.91. The van der Waals surface area contributed by atoms with Gasteiger partial charge in [-0.1, -0.05) is 48.5 Å². The van der Waals surface area contributed by atoms with E-state index in [2.05, 4.69) is 46.4 Å². The first-order valence-corrected chi connectivity index (χ1v) is 11.6. The first-order valence-electron chi connectivity index (χ1n) is 11.6. The first-order chi connectivity index (χ1) is 16.2. The van der Waals surface area contributed by atoms with Crippen molar-refractivity contribution in [2.24, 2.45) is 5.73 Å². The summed E-state index contributed by atoms with van der Waals surface area (Å²) in [7, 11) is 2.15. The smallest absolute Gasteiger partial charge is 0.252 e. The van der Waals surface area contributed by atoms with Gasteiger partial charge in [-0.15, -0.1) is 0 Å². The maximum Gasteiger partial charge on any atom is 0.252 e. The maximum absolute atomic E-state index is 13.1. The van der Waals surface area contributed by atoms with E-state index in [-0.39, 0.29) is 6.42 Å². The molecule has 1 aliphatic heterocycles. The topological polar surface area (TPSA) is 85.4 Å². The first kappa shape index (κ1) is 24.3. The number of hydrogen-bond acceptors (Lipinski definition) is 5. The summed E-state index contributed by atoms with van der Waals surface area (Å²) in [6.07, 6.45) is -1.10. The Hall–Kier alpha value is -2.86. The lowest BCUT2D eigenvalue weighted by Gasteiger charge is -2.43. The molecule has 1 heterocycles. The number of nitrogens with two attached hydrogens (primary N) is 1. The minimum absolute atomic E-state index is 0.277. The Labute approximate surface area is 199 Å². The largest absolute Gasteiger partial charge is 0.338 e. The van der Waals surface area contributed by atoms with E-state index in [1.807, 2.05) is 30.3 Å². The maximum atomic E-state index is 13.1. The van der Waals surface area contributed by atoms with Crippen molar-refractivity contribution >= 4 is 5.91 Å². The van der Waals surface area contributed by atoms with Gasteiger partial charge in [0.1, 0.15) is 11.6 Å². The number of alkyl halides is 2. The molecule has 3 N–H and O–H groups in total. The van der Waals surface area contributed by atoms with Crippen LogP contribution in [0.2, 0.25) is 0 Å². The van der Waals surface area contributed by atoms with Crippen LogP contribution in [0.3, 0.4) is 0 Å². The van der Waals surface area contributed by atoms with Gasteiger partial charge in [0.15, 0.2) is 0 Å². The standard InChI is InChI=1S/C26H31F2N5O/c1-32-10-12-33(13-11-32)16-20-4-8-22(9-5-20)21-6-2-19(3-7-21)14-23(15-29)31-24(34)25(30)17-26(27,28)18-25/h2-9,23H,10-14,16-18,30H2,1H3,(H,31,34)/t23-/m1/s1. The molecule has 4 rings (SSSR count). The van der Waals surface area contributed by atoms with Crippen LogP contribution >= 0.6 is 0 Å². The van der Waals surface area contributed by atoms with Crippen molar-refractivity contribution in [3.63, 3.8) is 0 Å². The van der Waals surface area contributed by atoms with Crippen LogP contribution in [0.15, 0.2) is 48.5 Å². The van der Waals surface area contributed by atoms with E-state index in [1.54, 1.807) is 0 Å². The summed E-state index contributed by atoms with van der Waals surface area (Å²) in [5, 5.41) is 11.9. The Bertz CT molecular complexity index is 1030. The minimum Gasteiger partial charge on any atom is -0.338 e. The molecule has 0 spiro atoms. The molecule has 180 valence electrons. The highest BCUT2D eigenvalue weighted by molar-refractivity contribution is 5.88. The predicted octanol–water partition coefficient (Wildman–Crippen LogP) is 2.78. The number of likely N-dealkylation sites (N-methyl/N-ethyl adjacent to an activating group) is 1. The van der Waals surface area contributed by atoms with Gasteiger partial charge in [0.25, 0.3) is 5.92 Å². The quantitative estimate of drug-likeness (QED) is 0.654. The third kappa shape index (κ3) is 5.79. The molecule has 1 saturated carbocycles. The van der Waals surface area contributed by atoms with Crippen molar-refractivity contribution in [1.29, 1.82) is 5.26 Å². The zero-order chi connectivity index (χ0) is 24.3. The van der Waals surface area contributed by atoms with Gasteiger partial charge in [0, 0.05) is 52.0 Å². The van der Waals surface area contributed by atoms with E-state index in [0.29, 0.717) is 0 Å². The molecular weight excluding hydrogens is 436 g/mol. The van der Waals surface area contributed by atoms with Crippen LogP contribution in [-0.2, 0) is 17.8 Å². The number of rotatable bonds is 7. The van der Waals surface area contributed by atoms with E-state index in [4.69, 9.17) is 5.73 Å². The van der Waals surface area contributed by atoms with Gasteiger partial charge in [0.2, 0.25) is 5.91 Å². The van der Waals surface area contributed by atoms with Crippen LogP contribution in [0, 0.1) is 11.3 Å².